The fourth-order valence-electron chi connectivity index (χ4n) is 2.64. The topological polar surface area (TPSA) is 67.4 Å². The molecule has 0 radical (unpaired) electrons. The van der Waals surface area contributed by atoms with Crippen molar-refractivity contribution in [1.29, 1.82) is 0 Å². The van der Waals surface area contributed by atoms with E-state index in [9.17, 15) is 18.4 Å². The zero-order valence-corrected chi connectivity index (χ0v) is 12.7. The molecule has 0 aromatic heterocycles. The highest BCUT2D eigenvalue weighted by Crippen LogP contribution is 2.33. The van der Waals surface area contributed by atoms with Gasteiger partial charge in [0.05, 0.1) is 13.0 Å². The highest BCUT2D eigenvalue weighted by molar-refractivity contribution is 6.05. The molecule has 2 aromatic rings. The normalized spacial score (nSPS) is 16.1. The smallest absolute Gasteiger partial charge is 0.232 e. The summed E-state index contributed by atoms with van der Waals surface area (Å²) in [5.41, 5.74) is 1.03. The minimum atomic E-state index is -0.778. The molecule has 124 valence electrons. The molecule has 1 aliphatic heterocycles. The predicted molar refractivity (Wildman–Crippen MR) is 84.0 cm³/mol. The number of amides is 2. The highest BCUT2D eigenvalue weighted by atomic mass is 19.1. The lowest BCUT2D eigenvalue weighted by molar-refractivity contribution is -0.123. The number of hydrogen-bond donors (Lipinski definition) is 2. The van der Waals surface area contributed by atoms with E-state index in [0.29, 0.717) is 5.56 Å². The molecule has 1 aliphatic rings. The lowest BCUT2D eigenvalue weighted by Gasteiger charge is -2.25. The number of carbonyl (C=O) groups is 2. The second kappa shape index (κ2) is 6.27. The van der Waals surface area contributed by atoms with Gasteiger partial charge in [-0.3, -0.25) is 9.59 Å². The highest BCUT2D eigenvalue weighted by Gasteiger charge is 2.31. The van der Waals surface area contributed by atoms with E-state index >= 15 is 0 Å². The van der Waals surface area contributed by atoms with Gasteiger partial charge in [-0.1, -0.05) is 6.07 Å². The van der Waals surface area contributed by atoms with E-state index in [1.54, 1.807) is 0 Å². The quantitative estimate of drug-likeness (QED) is 0.908. The van der Waals surface area contributed by atoms with Crippen LogP contribution in [0, 0.1) is 11.6 Å². The Labute approximate surface area is 136 Å². The first kappa shape index (κ1) is 15.9. The van der Waals surface area contributed by atoms with Gasteiger partial charge in [0.25, 0.3) is 0 Å². The third kappa shape index (κ3) is 3.05. The van der Waals surface area contributed by atoms with Crippen LogP contribution in [0.2, 0.25) is 0 Å². The predicted octanol–water partition coefficient (Wildman–Crippen LogP) is 3.04. The third-order valence-electron chi connectivity index (χ3n) is 3.79. The molecule has 2 amide bonds. The first-order chi connectivity index (χ1) is 11.5. The van der Waals surface area contributed by atoms with Crippen molar-refractivity contribution in [3.05, 3.63) is 53.6 Å². The van der Waals surface area contributed by atoms with Crippen LogP contribution in [-0.4, -0.2) is 18.9 Å². The van der Waals surface area contributed by atoms with E-state index in [1.165, 1.54) is 37.4 Å². The molecule has 1 atom stereocenters. The van der Waals surface area contributed by atoms with Crippen molar-refractivity contribution >= 4 is 23.2 Å². The average molecular weight is 332 g/mol. The van der Waals surface area contributed by atoms with E-state index in [4.69, 9.17) is 4.74 Å². The summed E-state index contributed by atoms with van der Waals surface area (Å²) in [5.74, 6) is -2.69. The molecule has 3 rings (SSSR count). The van der Waals surface area contributed by atoms with E-state index in [0.717, 1.165) is 6.07 Å². The van der Waals surface area contributed by atoms with Gasteiger partial charge >= 0.3 is 0 Å². The summed E-state index contributed by atoms with van der Waals surface area (Å²) in [7, 11) is 1.34. The second-order valence-electron chi connectivity index (χ2n) is 5.38. The van der Waals surface area contributed by atoms with Crippen molar-refractivity contribution in [3.8, 4) is 5.75 Å². The van der Waals surface area contributed by atoms with Gasteiger partial charge in [0, 0.05) is 23.9 Å². The molecular formula is C17H14F2N2O3. The second-order valence-corrected chi connectivity index (χ2v) is 5.38. The largest absolute Gasteiger partial charge is 0.494 e. The van der Waals surface area contributed by atoms with Crippen molar-refractivity contribution < 1.29 is 23.1 Å². The van der Waals surface area contributed by atoms with Gasteiger partial charge in [-0.05, 0) is 29.8 Å². The van der Waals surface area contributed by atoms with Gasteiger partial charge in [-0.15, -0.1) is 0 Å². The molecule has 0 spiro atoms. The molecule has 7 heteroatoms. The molecule has 0 aliphatic carbocycles. The average Bonchev–Trinajstić information content (AvgIpc) is 2.53. The zero-order valence-electron chi connectivity index (χ0n) is 12.7. The Morgan fingerprint density at radius 3 is 2.75 bits per heavy atom. The van der Waals surface area contributed by atoms with Gasteiger partial charge < -0.3 is 15.4 Å². The Hall–Kier alpha value is -2.96. The van der Waals surface area contributed by atoms with E-state index in [2.05, 4.69) is 10.6 Å². The van der Waals surface area contributed by atoms with Crippen LogP contribution in [0.5, 0.6) is 5.75 Å². The van der Waals surface area contributed by atoms with Crippen molar-refractivity contribution in [2.75, 3.05) is 17.7 Å². The first-order valence-electron chi connectivity index (χ1n) is 7.21. The van der Waals surface area contributed by atoms with Crippen LogP contribution in [-0.2, 0) is 9.59 Å². The molecule has 0 fully saturated rings. The lowest BCUT2D eigenvalue weighted by Crippen LogP contribution is -2.30. The number of halogens is 2. The summed E-state index contributed by atoms with van der Waals surface area (Å²) in [6, 6.07) is 7.87. The van der Waals surface area contributed by atoms with E-state index in [1.807, 2.05) is 0 Å². The lowest BCUT2D eigenvalue weighted by atomic mass is 9.89. The van der Waals surface area contributed by atoms with Crippen molar-refractivity contribution in [3.63, 3.8) is 0 Å². The molecule has 1 unspecified atom stereocenters. The summed E-state index contributed by atoms with van der Waals surface area (Å²) >= 11 is 0. The number of benzene rings is 2. The van der Waals surface area contributed by atoms with Crippen LogP contribution >= 0.6 is 0 Å². The van der Waals surface area contributed by atoms with E-state index < -0.39 is 23.5 Å². The van der Waals surface area contributed by atoms with Crippen LogP contribution < -0.4 is 15.4 Å². The number of fused-ring (bicyclic) bond motifs is 1. The Bertz CT molecular complexity index is 823. The molecule has 24 heavy (non-hydrogen) atoms. The van der Waals surface area contributed by atoms with Gasteiger partial charge in [0.2, 0.25) is 11.8 Å². The van der Waals surface area contributed by atoms with Crippen molar-refractivity contribution in [2.24, 2.45) is 0 Å². The fourth-order valence-corrected chi connectivity index (χ4v) is 2.64. The molecule has 1 heterocycles. The molecular weight excluding hydrogens is 318 g/mol. The standard InChI is InChI=1S/C17H14F2N2O3/c1-24-15-5-3-10(7-13(15)19)20-17(23)12-8-16(22)21-14-6-9(18)2-4-11(12)14/h2-7,12H,8H2,1H3,(H,20,23)(H,21,22). The molecule has 2 N–H and O–H groups in total. The summed E-state index contributed by atoms with van der Waals surface area (Å²) in [4.78, 5) is 24.2. The maximum Gasteiger partial charge on any atom is 0.232 e. The van der Waals surface area contributed by atoms with Crippen LogP contribution in [0.4, 0.5) is 20.2 Å². The van der Waals surface area contributed by atoms with Crippen LogP contribution in [0.1, 0.15) is 17.9 Å². The zero-order chi connectivity index (χ0) is 17.3. The molecule has 5 nitrogen and oxygen atoms in total. The number of hydrogen-bond acceptors (Lipinski definition) is 3. The number of ether oxygens (including phenoxy) is 1. The summed E-state index contributed by atoms with van der Waals surface area (Å²) < 4.78 is 31.8. The maximum atomic E-state index is 13.7. The minimum absolute atomic E-state index is 0.0610. The molecule has 0 bridgehead atoms. The summed E-state index contributed by atoms with van der Waals surface area (Å²) in [6.45, 7) is 0. The number of nitrogens with one attached hydrogen (secondary N) is 2. The van der Waals surface area contributed by atoms with E-state index in [-0.39, 0.29) is 29.5 Å². The van der Waals surface area contributed by atoms with Crippen LogP contribution in [0.25, 0.3) is 0 Å². The van der Waals surface area contributed by atoms with Gasteiger partial charge in [0.1, 0.15) is 5.82 Å². The number of methoxy groups -OCH3 is 1. The van der Waals surface area contributed by atoms with Gasteiger partial charge in [-0.2, -0.15) is 0 Å². The van der Waals surface area contributed by atoms with Gasteiger partial charge in [0.15, 0.2) is 11.6 Å². The Morgan fingerprint density at radius 1 is 1.25 bits per heavy atom. The van der Waals surface area contributed by atoms with Crippen molar-refractivity contribution in [1.82, 2.24) is 0 Å². The molecule has 2 aromatic carbocycles. The van der Waals surface area contributed by atoms with Gasteiger partial charge in [-0.25, -0.2) is 8.78 Å². The number of anilines is 2. The van der Waals surface area contributed by atoms with Crippen LogP contribution in [0.3, 0.4) is 0 Å². The SMILES string of the molecule is COc1ccc(NC(=O)C2CC(=O)Nc3cc(F)ccc32)cc1F. The fraction of sp³-hybridized carbons (Fsp3) is 0.176. The number of carbonyl (C=O) groups excluding carboxylic acids is 2. The first-order valence-corrected chi connectivity index (χ1v) is 7.21. The molecule has 0 saturated heterocycles. The summed E-state index contributed by atoms with van der Waals surface area (Å²) in [5, 5.41) is 5.11. The maximum absolute atomic E-state index is 13.7. The third-order valence-corrected chi connectivity index (χ3v) is 3.79. The number of rotatable bonds is 3. The van der Waals surface area contributed by atoms with Crippen LogP contribution in [0.15, 0.2) is 36.4 Å². The monoisotopic (exact) mass is 332 g/mol. The summed E-state index contributed by atoms with van der Waals surface area (Å²) in [6.07, 6.45) is -0.0664. The van der Waals surface area contributed by atoms with Crippen molar-refractivity contribution in [2.45, 2.75) is 12.3 Å². The Morgan fingerprint density at radius 2 is 2.04 bits per heavy atom. The molecule has 0 saturated carbocycles. The minimum Gasteiger partial charge on any atom is -0.494 e. The Kier molecular flexibility index (Phi) is 4.16. The Balaban J connectivity index is 1.85.